The van der Waals surface area contributed by atoms with Gasteiger partial charge in [-0.25, -0.2) is 0 Å². The standard InChI is InChI=1S/Co.Li.Mn.Mo.Ni.O.H/q;+1;;;;;-1. The first-order chi connectivity index (χ1) is 1.00. The minimum atomic E-state index is 0. The molecule has 0 aromatic rings. The summed E-state index contributed by atoms with van der Waals surface area (Å²) >= 11 is 0.700. The predicted octanol–water partition coefficient (Wildman–Crippen LogP) is -3.01. The molecule has 6 heteroatoms. The van der Waals surface area contributed by atoms with Crippen molar-refractivity contribution in [2.75, 3.05) is 0 Å². The monoisotopic (exact) mass is 294 g/mol. The first-order valence-corrected chi connectivity index (χ1v) is 0.986. The van der Waals surface area contributed by atoms with Crippen LogP contribution in [-0.4, -0.2) is 0 Å². The number of hydrogen-bond acceptors (Lipinski definition) is 1. The van der Waals surface area contributed by atoms with Crippen LogP contribution in [0.25, 0.3) is 0 Å². The minimum absolute atomic E-state index is 0. The van der Waals surface area contributed by atoms with Crippen LogP contribution < -0.4 is 18.9 Å². The summed E-state index contributed by atoms with van der Waals surface area (Å²) in [6.07, 6.45) is 0. The third-order valence-electron chi connectivity index (χ3n) is 0. The number of rotatable bonds is 0. The van der Waals surface area contributed by atoms with Crippen molar-refractivity contribution in [1.82, 2.24) is 0 Å². The SMILES string of the molecule is [Co].[H-].[Li+].[Mn].[Ni].[O]=[Mo]. The molecule has 0 unspecified atom stereocenters. The van der Waals surface area contributed by atoms with Gasteiger partial charge in [-0.2, -0.15) is 0 Å². The summed E-state index contributed by atoms with van der Waals surface area (Å²) in [4.78, 5) is 0. The number of hydrogen-bond donors (Lipinski definition) is 0. The summed E-state index contributed by atoms with van der Waals surface area (Å²) in [5.74, 6) is 0. The van der Waals surface area contributed by atoms with Crippen molar-refractivity contribution in [3.63, 3.8) is 0 Å². The predicted molar refractivity (Wildman–Crippen MR) is 1.80 cm³/mol. The second kappa shape index (κ2) is 48.9. The Bertz CT molecular complexity index is 19.7. The van der Waals surface area contributed by atoms with Crippen LogP contribution in [-0.2, 0) is 73.5 Å². The van der Waals surface area contributed by atoms with Crippen molar-refractivity contribution in [2.24, 2.45) is 0 Å². The van der Waals surface area contributed by atoms with Gasteiger partial charge in [-0.3, -0.25) is 0 Å². The van der Waals surface area contributed by atoms with E-state index >= 15 is 0 Å². The second-order valence-corrected chi connectivity index (χ2v) is 0. The summed E-state index contributed by atoms with van der Waals surface area (Å²) in [5.41, 5.74) is 0. The zero-order chi connectivity index (χ0) is 2.00. The Morgan fingerprint density at radius 3 is 1.33 bits per heavy atom. The van der Waals surface area contributed by atoms with Gasteiger partial charge in [0.15, 0.2) is 0 Å². The first kappa shape index (κ1) is 38.3. The van der Waals surface area contributed by atoms with Crippen LogP contribution in [0.3, 0.4) is 0 Å². The van der Waals surface area contributed by atoms with Gasteiger partial charge < -0.3 is 1.43 Å². The molecule has 0 N–H and O–H groups in total. The van der Waals surface area contributed by atoms with Gasteiger partial charge in [-0.1, -0.05) is 0 Å². The summed E-state index contributed by atoms with van der Waals surface area (Å²) in [5, 5.41) is 0. The molecule has 0 aromatic carbocycles. The molecule has 0 saturated carbocycles. The van der Waals surface area contributed by atoms with E-state index in [1.165, 1.54) is 0 Å². The van der Waals surface area contributed by atoms with E-state index in [9.17, 15) is 0 Å². The molecule has 1 nitrogen and oxygen atoms in total. The van der Waals surface area contributed by atoms with Crippen LogP contribution in [0.5, 0.6) is 0 Å². The van der Waals surface area contributed by atoms with Crippen molar-refractivity contribution in [3.05, 3.63) is 0 Å². The van der Waals surface area contributed by atoms with Crippen LogP contribution >= 0.6 is 0 Å². The van der Waals surface area contributed by atoms with Crippen LogP contribution in [0.4, 0.5) is 0 Å². The molecule has 0 bridgehead atoms. The molecule has 0 aromatic heterocycles. The third-order valence-corrected chi connectivity index (χ3v) is 0. The van der Waals surface area contributed by atoms with Crippen molar-refractivity contribution < 1.29 is 93.8 Å². The average molecular weight is 292 g/mol. The third kappa shape index (κ3) is 30.6. The Balaban J connectivity index is -0.000000000500. The Morgan fingerprint density at radius 1 is 1.33 bits per heavy atom. The van der Waals surface area contributed by atoms with Gasteiger partial charge >= 0.3 is 42.0 Å². The second-order valence-electron chi connectivity index (χ2n) is 0. The fraction of sp³-hybridized carbons (Fsp3) is 0. The normalized spacial score (nSPS) is 0.667. The van der Waals surface area contributed by atoms with E-state index in [-0.39, 0.29) is 70.6 Å². The fourth-order valence-corrected chi connectivity index (χ4v) is 0. The van der Waals surface area contributed by atoms with E-state index in [4.69, 9.17) is 3.40 Å². The van der Waals surface area contributed by atoms with Gasteiger partial charge in [0.25, 0.3) is 0 Å². The molecule has 0 rings (SSSR count). The van der Waals surface area contributed by atoms with Gasteiger partial charge in [-0.05, 0) is 0 Å². The fourth-order valence-electron chi connectivity index (χ4n) is 0. The molecule has 6 heavy (non-hydrogen) atoms. The van der Waals surface area contributed by atoms with E-state index in [0.29, 0.717) is 19.8 Å². The summed E-state index contributed by atoms with van der Waals surface area (Å²) in [6.45, 7) is 0. The molecule has 0 aliphatic carbocycles. The molecule has 0 aliphatic rings. The molecule has 0 spiro atoms. The van der Waals surface area contributed by atoms with Gasteiger partial charge in [0.1, 0.15) is 0 Å². The molecule has 0 saturated heterocycles. The molecule has 2 radical (unpaired) electrons. The van der Waals surface area contributed by atoms with Crippen LogP contribution in [0, 0.1) is 0 Å². The zero-order valence-electron chi connectivity index (χ0n) is 3.84. The van der Waals surface area contributed by atoms with Gasteiger partial charge in [0.2, 0.25) is 0 Å². The van der Waals surface area contributed by atoms with Crippen molar-refractivity contribution in [2.45, 2.75) is 0 Å². The maximum atomic E-state index is 8.26. The molecule has 0 heterocycles. The van der Waals surface area contributed by atoms with Crippen LogP contribution in [0.2, 0.25) is 0 Å². The van der Waals surface area contributed by atoms with Crippen molar-refractivity contribution >= 4 is 0 Å². The molecular formula is HCoLiMnMoNiO. The van der Waals surface area contributed by atoms with E-state index < -0.39 is 0 Å². The van der Waals surface area contributed by atoms with E-state index in [1.54, 1.807) is 0 Å². The maximum absolute atomic E-state index is 8.26. The molecule has 0 atom stereocenters. The zero-order valence-corrected chi connectivity index (χ0v) is 8.06. The van der Waals surface area contributed by atoms with E-state index in [0.717, 1.165) is 0 Å². The first-order valence-electron chi connectivity index (χ1n) is 0.167. The quantitative estimate of drug-likeness (QED) is 0.435. The topological polar surface area (TPSA) is 17.1 Å². The van der Waals surface area contributed by atoms with Gasteiger partial charge in [0.05, 0.1) is 0 Å². The molecule has 0 aliphatic heterocycles. The summed E-state index contributed by atoms with van der Waals surface area (Å²) in [6, 6.07) is 0. The van der Waals surface area contributed by atoms with Gasteiger partial charge in [0, 0.05) is 50.3 Å². The molecule has 0 fully saturated rings. The van der Waals surface area contributed by atoms with E-state index in [2.05, 4.69) is 0 Å². The Kier molecular flexibility index (Phi) is 312. The van der Waals surface area contributed by atoms with Crippen molar-refractivity contribution in [1.29, 1.82) is 0 Å². The molecule has 0 amide bonds. The Hall–Kier alpha value is 2.61. The Labute approximate surface area is 92.6 Å². The van der Waals surface area contributed by atoms with Gasteiger partial charge in [-0.15, -0.1) is 0 Å². The van der Waals surface area contributed by atoms with E-state index in [1.807, 2.05) is 0 Å². The summed E-state index contributed by atoms with van der Waals surface area (Å²) < 4.78 is 8.26. The van der Waals surface area contributed by atoms with Crippen LogP contribution in [0.15, 0.2) is 0 Å². The van der Waals surface area contributed by atoms with Crippen molar-refractivity contribution in [3.8, 4) is 0 Å². The summed E-state index contributed by atoms with van der Waals surface area (Å²) in [7, 11) is 0. The average Bonchev–Trinajstić information content (AvgIpc) is 1.00. The Morgan fingerprint density at radius 2 is 1.33 bits per heavy atom. The molecular weight excluding hydrogens is 291 g/mol. The molecule has 40 valence electrons. The van der Waals surface area contributed by atoms with Crippen LogP contribution in [0.1, 0.15) is 1.43 Å².